The number of hydrogen-bond acceptors (Lipinski definition) is 3. The van der Waals surface area contributed by atoms with Crippen LogP contribution in [0.3, 0.4) is 0 Å². The highest BCUT2D eigenvalue weighted by molar-refractivity contribution is 7.98. The molecule has 0 saturated carbocycles. The van der Waals surface area contributed by atoms with Crippen molar-refractivity contribution in [2.75, 3.05) is 6.26 Å². The summed E-state index contributed by atoms with van der Waals surface area (Å²) in [4.78, 5) is 7.68. The van der Waals surface area contributed by atoms with E-state index in [1.54, 1.807) is 6.26 Å². The minimum Gasteiger partial charge on any atom is -0.210 e. The molecule has 8 heteroatoms. The second-order valence-corrected chi connectivity index (χ2v) is 4.90. The minimum absolute atomic E-state index is 0.198. The summed E-state index contributed by atoms with van der Waals surface area (Å²) in [5.74, 6) is -3.28. The first-order chi connectivity index (χ1) is 8.93. The Balaban J connectivity index is 2.73. The van der Waals surface area contributed by atoms with Gasteiger partial charge in [0.05, 0.1) is 11.1 Å². The van der Waals surface area contributed by atoms with E-state index in [0.717, 1.165) is 0 Å². The van der Waals surface area contributed by atoms with E-state index in [1.165, 1.54) is 11.8 Å². The van der Waals surface area contributed by atoms with Gasteiger partial charge in [-0.3, -0.25) is 0 Å². The number of benzene rings is 1. The molecule has 2 aromatic rings. The third-order valence-electron chi connectivity index (χ3n) is 2.24. The molecule has 100 valence electrons. The molecule has 0 spiro atoms. The van der Waals surface area contributed by atoms with Crippen molar-refractivity contribution < 1.29 is 13.2 Å². The summed E-state index contributed by atoms with van der Waals surface area (Å²) in [5.41, 5.74) is -0.750. The number of halogens is 5. The van der Waals surface area contributed by atoms with E-state index in [2.05, 4.69) is 9.97 Å². The van der Waals surface area contributed by atoms with E-state index in [1.807, 2.05) is 0 Å². The third-order valence-corrected chi connectivity index (χ3v) is 3.33. The Morgan fingerprint density at radius 3 is 1.84 bits per heavy atom. The summed E-state index contributed by atoms with van der Waals surface area (Å²) in [6, 6.07) is 1.07. The van der Waals surface area contributed by atoms with E-state index in [0.29, 0.717) is 12.1 Å². The van der Waals surface area contributed by atoms with Crippen molar-refractivity contribution >= 4 is 35.0 Å². The first-order valence-electron chi connectivity index (χ1n) is 4.86. The summed E-state index contributed by atoms with van der Waals surface area (Å²) >= 11 is 12.9. The molecule has 1 aromatic heterocycles. The SMILES string of the molecule is CSc1nc(Cl)c(-c2c(F)cc(F)cc2F)c(Cl)n1. The van der Waals surface area contributed by atoms with Crippen LogP contribution in [0.4, 0.5) is 13.2 Å². The molecule has 1 heterocycles. The Morgan fingerprint density at radius 2 is 1.42 bits per heavy atom. The maximum atomic E-state index is 13.7. The molecular weight excluding hydrogens is 320 g/mol. The van der Waals surface area contributed by atoms with Crippen molar-refractivity contribution in [1.29, 1.82) is 0 Å². The van der Waals surface area contributed by atoms with Crippen molar-refractivity contribution in [2.45, 2.75) is 5.16 Å². The van der Waals surface area contributed by atoms with Gasteiger partial charge < -0.3 is 0 Å². The van der Waals surface area contributed by atoms with Gasteiger partial charge in [-0.15, -0.1) is 0 Å². The summed E-state index contributed by atoms with van der Waals surface area (Å²) < 4.78 is 40.2. The quantitative estimate of drug-likeness (QED) is 0.459. The zero-order valence-electron chi connectivity index (χ0n) is 9.35. The zero-order valence-corrected chi connectivity index (χ0v) is 11.7. The fraction of sp³-hybridized carbons (Fsp3) is 0.0909. The first kappa shape index (κ1) is 14.4. The highest BCUT2D eigenvalue weighted by Crippen LogP contribution is 2.37. The van der Waals surface area contributed by atoms with Crippen molar-refractivity contribution in [3.8, 4) is 11.1 Å². The van der Waals surface area contributed by atoms with Gasteiger partial charge in [0.1, 0.15) is 27.8 Å². The molecule has 0 fully saturated rings. The molecule has 0 atom stereocenters. The molecule has 19 heavy (non-hydrogen) atoms. The standard InChI is InChI=1S/C11H5Cl2F3N2S/c1-19-11-17-9(12)8(10(13)18-11)7-5(15)2-4(14)3-6(7)16/h2-3H,1H3. The van der Waals surface area contributed by atoms with Crippen LogP contribution in [0, 0.1) is 17.5 Å². The topological polar surface area (TPSA) is 25.8 Å². The molecule has 2 rings (SSSR count). The van der Waals surface area contributed by atoms with Crippen LogP contribution in [0.1, 0.15) is 0 Å². The van der Waals surface area contributed by atoms with Crippen LogP contribution in [0.25, 0.3) is 11.1 Å². The second kappa shape index (κ2) is 5.56. The maximum Gasteiger partial charge on any atom is 0.190 e. The summed E-state index contributed by atoms with van der Waals surface area (Å²) in [6.45, 7) is 0. The van der Waals surface area contributed by atoms with Crippen molar-refractivity contribution in [2.24, 2.45) is 0 Å². The Labute approximate surface area is 121 Å². The van der Waals surface area contributed by atoms with E-state index in [4.69, 9.17) is 23.2 Å². The number of rotatable bonds is 2. The Bertz CT molecular complexity index is 606. The van der Waals surface area contributed by atoms with E-state index >= 15 is 0 Å². The summed E-state index contributed by atoms with van der Waals surface area (Å²) in [7, 11) is 0. The average molecular weight is 325 g/mol. The number of thioether (sulfide) groups is 1. The van der Waals surface area contributed by atoms with Crippen LogP contribution in [0.2, 0.25) is 10.3 Å². The van der Waals surface area contributed by atoms with Crippen molar-refractivity contribution in [3.05, 3.63) is 39.9 Å². The first-order valence-corrected chi connectivity index (χ1v) is 6.84. The van der Waals surface area contributed by atoms with E-state index in [9.17, 15) is 13.2 Å². The van der Waals surface area contributed by atoms with Crippen LogP contribution in [-0.4, -0.2) is 16.2 Å². The van der Waals surface area contributed by atoms with Crippen molar-refractivity contribution in [3.63, 3.8) is 0 Å². The van der Waals surface area contributed by atoms with Gasteiger partial charge in [-0.1, -0.05) is 35.0 Å². The molecule has 0 aliphatic rings. The van der Waals surface area contributed by atoms with E-state index < -0.39 is 23.0 Å². The fourth-order valence-electron chi connectivity index (χ4n) is 1.47. The van der Waals surface area contributed by atoms with Crippen LogP contribution in [-0.2, 0) is 0 Å². The lowest BCUT2D eigenvalue weighted by atomic mass is 10.1. The number of aromatic nitrogens is 2. The molecule has 0 unspecified atom stereocenters. The molecule has 0 saturated heterocycles. The van der Waals surface area contributed by atoms with Crippen LogP contribution >= 0.6 is 35.0 Å². The van der Waals surface area contributed by atoms with Gasteiger partial charge in [0.2, 0.25) is 0 Å². The Morgan fingerprint density at radius 1 is 0.947 bits per heavy atom. The van der Waals surface area contributed by atoms with Gasteiger partial charge in [-0.05, 0) is 6.26 Å². The van der Waals surface area contributed by atoms with Crippen LogP contribution < -0.4 is 0 Å². The second-order valence-electron chi connectivity index (χ2n) is 3.41. The van der Waals surface area contributed by atoms with Gasteiger partial charge >= 0.3 is 0 Å². The summed E-state index contributed by atoms with van der Waals surface area (Å²) in [5, 5.41) is -0.135. The fourth-order valence-corrected chi connectivity index (χ4v) is 2.51. The number of hydrogen-bond donors (Lipinski definition) is 0. The van der Waals surface area contributed by atoms with Crippen LogP contribution in [0.15, 0.2) is 17.3 Å². The lowest BCUT2D eigenvalue weighted by Gasteiger charge is -2.09. The molecule has 0 amide bonds. The molecule has 0 aliphatic carbocycles. The largest absolute Gasteiger partial charge is 0.210 e. The summed E-state index contributed by atoms with van der Waals surface area (Å²) in [6.07, 6.45) is 1.70. The Hall–Kier alpha value is -0.980. The lowest BCUT2D eigenvalue weighted by molar-refractivity contribution is 0.548. The monoisotopic (exact) mass is 324 g/mol. The number of nitrogens with zero attached hydrogens (tertiary/aromatic N) is 2. The predicted molar refractivity (Wildman–Crippen MR) is 69.1 cm³/mol. The third kappa shape index (κ3) is 2.80. The molecule has 1 aromatic carbocycles. The van der Waals surface area contributed by atoms with Crippen LogP contribution in [0.5, 0.6) is 0 Å². The smallest absolute Gasteiger partial charge is 0.190 e. The molecule has 2 nitrogen and oxygen atoms in total. The average Bonchev–Trinajstić information content (AvgIpc) is 2.31. The minimum atomic E-state index is -1.12. The molecule has 0 N–H and O–H groups in total. The molecule has 0 aliphatic heterocycles. The van der Waals surface area contributed by atoms with Gasteiger partial charge in [0.15, 0.2) is 5.16 Å². The molecule has 0 radical (unpaired) electrons. The van der Waals surface area contributed by atoms with Gasteiger partial charge in [0, 0.05) is 12.1 Å². The molecular formula is C11H5Cl2F3N2S. The normalized spacial score (nSPS) is 10.8. The highest BCUT2D eigenvalue weighted by Gasteiger charge is 2.21. The Kier molecular flexibility index (Phi) is 4.23. The van der Waals surface area contributed by atoms with Gasteiger partial charge in [-0.2, -0.15) is 0 Å². The maximum absolute atomic E-state index is 13.7. The predicted octanol–water partition coefficient (Wildman–Crippen LogP) is 4.59. The van der Waals surface area contributed by atoms with E-state index in [-0.39, 0.29) is 21.0 Å². The van der Waals surface area contributed by atoms with Crippen molar-refractivity contribution in [1.82, 2.24) is 9.97 Å². The molecule has 0 bridgehead atoms. The zero-order chi connectivity index (χ0) is 14.2. The van der Waals surface area contributed by atoms with Gasteiger partial charge in [-0.25, -0.2) is 23.1 Å². The lowest BCUT2D eigenvalue weighted by Crippen LogP contribution is -1.98. The highest BCUT2D eigenvalue weighted by atomic mass is 35.5. The van der Waals surface area contributed by atoms with Gasteiger partial charge in [0.25, 0.3) is 0 Å².